The Morgan fingerprint density at radius 3 is 2.65 bits per heavy atom. The van der Waals surface area contributed by atoms with Gasteiger partial charge in [0, 0.05) is 5.56 Å². The lowest BCUT2D eigenvalue weighted by Gasteiger charge is -2.15. The van der Waals surface area contributed by atoms with Crippen LogP contribution in [0, 0.1) is 12.8 Å². The highest BCUT2D eigenvalue weighted by Gasteiger charge is 2.20. The van der Waals surface area contributed by atoms with Gasteiger partial charge >= 0.3 is 5.97 Å². The van der Waals surface area contributed by atoms with Crippen molar-refractivity contribution in [3.8, 4) is 11.5 Å². The molecular formula is C12H15ClO4. The van der Waals surface area contributed by atoms with E-state index in [1.165, 1.54) is 7.11 Å². The summed E-state index contributed by atoms with van der Waals surface area (Å²) in [7, 11) is 1.40. The molecule has 0 amide bonds. The number of carbonyl (C=O) groups is 1. The molecule has 1 aromatic rings. The third-order valence-electron chi connectivity index (χ3n) is 2.67. The fourth-order valence-electron chi connectivity index (χ4n) is 1.62. The lowest BCUT2D eigenvalue weighted by atomic mass is 9.96. The lowest BCUT2D eigenvalue weighted by molar-refractivity contribution is -0.141. The fourth-order valence-corrected chi connectivity index (χ4v) is 1.96. The van der Waals surface area contributed by atoms with E-state index in [0.717, 1.165) is 5.56 Å². The Morgan fingerprint density at radius 1 is 1.59 bits per heavy atom. The van der Waals surface area contributed by atoms with Gasteiger partial charge in [0.05, 0.1) is 18.1 Å². The summed E-state index contributed by atoms with van der Waals surface area (Å²) in [6, 6.07) is 1.66. The zero-order valence-electron chi connectivity index (χ0n) is 9.95. The van der Waals surface area contributed by atoms with Gasteiger partial charge in [-0.05, 0) is 25.0 Å². The van der Waals surface area contributed by atoms with E-state index in [0.29, 0.717) is 10.6 Å². The summed E-state index contributed by atoms with van der Waals surface area (Å²) < 4.78 is 4.98. The smallest absolute Gasteiger partial charge is 0.306 e. The molecule has 0 bridgehead atoms. The van der Waals surface area contributed by atoms with Crippen molar-refractivity contribution in [2.45, 2.75) is 20.3 Å². The van der Waals surface area contributed by atoms with Gasteiger partial charge in [-0.2, -0.15) is 0 Å². The number of halogens is 1. The number of hydrogen-bond acceptors (Lipinski definition) is 3. The Labute approximate surface area is 105 Å². The van der Waals surface area contributed by atoms with Crippen molar-refractivity contribution >= 4 is 17.6 Å². The number of phenolic OH excluding ortho intramolecular Hbond substituents is 1. The van der Waals surface area contributed by atoms with E-state index in [-0.39, 0.29) is 17.9 Å². The molecule has 0 fully saturated rings. The SMILES string of the molecule is COc1c(Cl)cc(C)c(CC(C)C(=O)O)c1O. The van der Waals surface area contributed by atoms with Gasteiger partial charge < -0.3 is 14.9 Å². The maximum atomic E-state index is 10.8. The summed E-state index contributed by atoms with van der Waals surface area (Å²) in [5.41, 5.74) is 1.31. The van der Waals surface area contributed by atoms with Gasteiger partial charge in [0.15, 0.2) is 11.5 Å². The van der Waals surface area contributed by atoms with Crippen LogP contribution in [0.1, 0.15) is 18.1 Å². The van der Waals surface area contributed by atoms with Gasteiger partial charge in [0.25, 0.3) is 0 Å². The number of carboxylic acid groups (broad SMARTS) is 1. The summed E-state index contributed by atoms with van der Waals surface area (Å²) in [5.74, 6) is -1.38. The van der Waals surface area contributed by atoms with Crippen molar-refractivity contribution in [3.63, 3.8) is 0 Å². The number of aryl methyl sites for hydroxylation is 1. The number of carboxylic acids is 1. The third-order valence-corrected chi connectivity index (χ3v) is 2.95. The predicted octanol–water partition coefficient (Wildman–Crippen LogP) is 2.63. The minimum Gasteiger partial charge on any atom is -0.504 e. The molecule has 1 aromatic carbocycles. The molecule has 0 spiro atoms. The summed E-state index contributed by atoms with van der Waals surface area (Å²) in [6.07, 6.45) is 0.237. The molecule has 5 heteroatoms. The molecule has 0 saturated heterocycles. The fraction of sp³-hybridized carbons (Fsp3) is 0.417. The van der Waals surface area contributed by atoms with Crippen molar-refractivity contribution in [1.29, 1.82) is 0 Å². The van der Waals surface area contributed by atoms with Crippen LogP contribution in [0.4, 0.5) is 0 Å². The summed E-state index contributed by atoms with van der Waals surface area (Å²) >= 11 is 5.90. The number of ether oxygens (including phenoxy) is 1. The Hall–Kier alpha value is -1.42. The molecular weight excluding hydrogens is 244 g/mol. The number of phenols is 1. The zero-order chi connectivity index (χ0) is 13.2. The molecule has 0 aliphatic heterocycles. The molecule has 94 valence electrons. The van der Waals surface area contributed by atoms with Crippen LogP contribution >= 0.6 is 11.6 Å². The van der Waals surface area contributed by atoms with Crippen LogP contribution in [-0.2, 0) is 11.2 Å². The van der Waals surface area contributed by atoms with E-state index in [2.05, 4.69) is 0 Å². The van der Waals surface area contributed by atoms with E-state index in [4.69, 9.17) is 21.4 Å². The van der Waals surface area contributed by atoms with Gasteiger partial charge in [-0.1, -0.05) is 18.5 Å². The van der Waals surface area contributed by atoms with Gasteiger partial charge in [-0.3, -0.25) is 4.79 Å². The van der Waals surface area contributed by atoms with Crippen LogP contribution in [0.25, 0.3) is 0 Å². The zero-order valence-corrected chi connectivity index (χ0v) is 10.7. The number of hydrogen-bond donors (Lipinski definition) is 2. The van der Waals surface area contributed by atoms with Gasteiger partial charge in [-0.15, -0.1) is 0 Å². The van der Waals surface area contributed by atoms with Crippen molar-refractivity contribution in [2.24, 2.45) is 5.92 Å². The topological polar surface area (TPSA) is 66.8 Å². The van der Waals surface area contributed by atoms with Crippen molar-refractivity contribution in [2.75, 3.05) is 7.11 Å². The van der Waals surface area contributed by atoms with E-state index < -0.39 is 11.9 Å². The molecule has 0 aliphatic rings. The molecule has 0 saturated carbocycles. The van der Waals surface area contributed by atoms with Crippen LogP contribution < -0.4 is 4.74 Å². The Kier molecular flexibility index (Phi) is 4.23. The summed E-state index contributed by atoms with van der Waals surface area (Å²) in [5, 5.41) is 19.2. The van der Waals surface area contributed by atoms with Gasteiger partial charge in [0.2, 0.25) is 0 Å². The first-order valence-corrected chi connectivity index (χ1v) is 5.54. The predicted molar refractivity (Wildman–Crippen MR) is 64.9 cm³/mol. The van der Waals surface area contributed by atoms with Crippen LogP contribution in [0.15, 0.2) is 6.07 Å². The average Bonchev–Trinajstić information content (AvgIpc) is 2.24. The minimum atomic E-state index is -0.905. The standard InChI is InChI=1S/C12H15ClO4/c1-6-5-9(13)11(17-3)10(14)8(6)4-7(2)12(15)16/h5,7,14H,4H2,1-3H3,(H,15,16). The number of aliphatic carboxylic acids is 1. The van der Waals surface area contributed by atoms with Gasteiger partial charge in [-0.25, -0.2) is 0 Å². The molecule has 1 rings (SSSR count). The number of aromatic hydroxyl groups is 1. The van der Waals surface area contributed by atoms with Crippen LogP contribution in [0.2, 0.25) is 5.02 Å². The monoisotopic (exact) mass is 258 g/mol. The molecule has 1 unspecified atom stereocenters. The first-order chi connectivity index (χ1) is 7.88. The van der Waals surface area contributed by atoms with Crippen molar-refractivity contribution < 1.29 is 19.7 Å². The average molecular weight is 259 g/mol. The lowest BCUT2D eigenvalue weighted by Crippen LogP contribution is -2.13. The van der Waals surface area contributed by atoms with E-state index in [1.54, 1.807) is 19.9 Å². The first-order valence-electron chi connectivity index (χ1n) is 5.16. The number of benzene rings is 1. The van der Waals surface area contributed by atoms with E-state index >= 15 is 0 Å². The van der Waals surface area contributed by atoms with Crippen LogP contribution in [0.5, 0.6) is 11.5 Å². The number of methoxy groups -OCH3 is 1. The molecule has 0 aliphatic carbocycles. The molecule has 0 aromatic heterocycles. The highest BCUT2D eigenvalue weighted by Crippen LogP contribution is 2.39. The molecule has 17 heavy (non-hydrogen) atoms. The molecule has 0 radical (unpaired) electrons. The molecule has 4 nitrogen and oxygen atoms in total. The number of rotatable bonds is 4. The second-order valence-electron chi connectivity index (χ2n) is 3.98. The molecule has 2 N–H and O–H groups in total. The van der Waals surface area contributed by atoms with Crippen molar-refractivity contribution in [1.82, 2.24) is 0 Å². The largest absolute Gasteiger partial charge is 0.504 e. The molecule has 0 heterocycles. The minimum absolute atomic E-state index is 0.0781. The second-order valence-corrected chi connectivity index (χ2v) is 4.39. The van der Waals surface area contributed by atoms with E-state index in [9.17, 15) is 9.90 Å². The maximum Gasteiger partial charge on any atom is 0.306 e. The van der Waals surface area contributed by atoms with Gasteiger partial charge in [0.1, 0.15) is 0 Å². The maximum absolute atomic E-state index is 10.8. The van der Waals surface area contributed by atoms with Crippen molar-refractivity contribution in [3.05, 3.63) is 22.2 Å². The summed E-state index contributed by atoms with van der Waals surface area (Å²) in [6.45, 7) is 3.36. The third kappa shape index (κ3) is 2.82. The van der Waals surface area contributed by atoms with E-state index in [1.807, 2.05) is 0 Å². The Morgan fingerprint density at radius 2 is 2.18 bits per heavy atom. The summed E-state index contributed by atoms with van der Waals surface area (Å²) in [4.78, 5) is 10.8. The quantitative estimate of drug-likeness (QED) is 0.871. The Bertz CT molecular complexity index is 443. The second kappa shape index (κ2) is 5.27. The molecule has 1 atom stereocenters. The van der Waals surface area contributed by atoms with Crippen LogP contribution in [0.3, 0.4) is 0 Å². The Balaban J connectivity index is 3.20. The highest BCUT2D eigenvalue weighted by molar-refractivity contribution is 6.32. The normalized spacial score (nSPS) is 12.2. The first kappa shape index (κ1) is 13.6. The van der Waals surface area contributed by atoms with Crippen LogP contribution in [-0.4, -0.2) is 23.3 Å². The highest BCUT2D eigenvalue weighted by atomic mass is 35.5.